The molecule has 0 spiro atoms. The molecule has 5 nitrogen and oxygen atoms in total. The minimum atomic E-state index is -0.423. The molecule has 0 bridgehead atoms. The number of hydrogen-bond donors (Lipinski definition) is 0. The topological polar surface area (TPSA) is 47.4 Å². The van der Waals surface area contributed by atoms with E-state index in [2.05, 4.69) is 5.10 Å². The number of amides is 1. The Morgan fingerprint density at radius 1 is 1.44 bits per heavy atom. The van der Waals surface area contributed by atoms with Gasteiger partial charge in [0.1, 0.15) is 11.9 Å². The van der Waals surface area contributed by atoms with E-state index in [-0.39, 0.29) is 5.91 Å². The molecule has 1 fully saturated rings. The van der Waals surface area contributed by atoms with Crippen molar-refractivity contribution in [1.29, 1.82) is 0 Å². The van der Waals surface area contributed by atoms with E-state index < -0.39 is 11.9 Å². The molecule has 3 rings (SSSR count). The van der Waals surface area contributed by atoms with Gasteiger partial charge in [-0.25, -0.2) is 4.39 Å². The highest BCUT2D eigenvalue weighted by Crippen LogP contribution is 2.23. The summed E-state index contributed by atoms with van der Waals surface area (Å²) in [5.41, 5.74) is 2.51. The highest BCUT2D eigenvalue weighted by Gasteiger charge is 2.29. The number of aryl methyl sites for hydroxylation is 2. The van der Waals surface area contributed by atoms with Gasteiger partial charge in [-0.05, 0) is 43.5 Å². The van der Waals surface area contributed by atoms with Gasteiger partial charge in [0.25, 0.3) is 5.91 Å². The Morgan fingerprint density at radius 3 is 2.84 bits per heavy atom. The minimum Gasteiger partial charge on any atom is -0.368 e. The molecule has 2 aromatic rings. The van der Waals surface area contributed by atoms with Crippen LogP contribution in [-0.2, 0) is 29.7 Å². The van der Waals surface area contributed by atoms with E-state index in [1.807, 2.05) is 20.0 Å². The van der Waals surface area contributed by atoms with Gasteiger partial charge >= 0.3 is 0 Å². The van der Waals surface area contributed by atoms with Crippen molar-refractivity contribution in [2.75, 3.05) is 6.61 Å². The first kappa shape index (κ1) is 17.9. The zero-order valence-corrected chi connectivity index (χ0v) is 15.1. The van der Waals surface area contributed by atoms with Crippen molar-refractivity contribution in [1.82, 2.24) is 14.7 Å². The first-order valence-electron chi connectivity index (χ1n) is 8.28. The quantitative estimate of drug-likeness (QED) is 0.817. The molecule has 134 valence electrons. The summed E-state index contributed by atoms with van der Waals surface area (Å²) in [6.07, 6.45) is 1.18. The Labute approximate surface area is 151 Å². The summed E-state index contributed by atoms with van der Waals surface area (Å²) < 4.78 is 20.6. The van der Waals surface area contributed by atoms with Crippen LogP contribution in [0.1, 0.15) is 29.8 Å². The summed E-state index contributed by atoms with van der Waals surface area (Å²) >= 11 is 6.15. The molecule has 7 heteroatoms. The molecular formula is C18H21ClFN3O2. The second kappa shape index (κ2) is 7.54. The molecule has 1 aliphatic heterocycles. The van der Waals surface area contributed by atoms with Crippen LogP contribution in [0.15, 0.2) is 24.3 Å². The van der Waals surface area contributed by atoms with Crippen molar-refractivity contribution in [2.45, 2.75) is 39.0 Å². The van der Waals surface area contributed by atoms with Gasteiger partial charge in [-0.15, -0.1) is 0 Å². The Morgan fingerprint density at radius 2 is 2.24 bits per heavy atom. The number of halogens is 2. The first-order valence-corrected chi connectivity index (χ1v) is 8.65. The van der Waals surface area contributed by atoms with E-state index in [1.54, 1.807) is 15.6 Å². The zero-order valence-electron chi connectivity index (χ0n) is 14.3. The van der Waals surface area contributed by atoms with Crippen LogP contribution in [0.2, 0.25) is 5.02 Å². The molecule has 0 aliphatic carbocycles. The second-order valence-electron chi connectivity index (χ2n) is 6.33. The lowest BCUT2D eigenvalue weighted by molar-refractivity contribution is -0.142. The van der Waals surface area contributed by atoms with Gasteiger partial charge in [0.15, 0.2) is 0 Å². The van der Waals surface area contributed by atoms with E-state index in [4.69, 9.17) is 16.3 Å². The van der Waals surface area contributed by atoms with E-state index >= 15 is 0 Å². The van der Waals surface area contributed by atoms with Crippen molar-refractivity contribution in [3.63, 3.8) is 0 Å². The zero-order chi connectivity index (χ0) is 18.0. The number of benzene rings is 1. The smallest absolute Gasteiger partial charge is 0.252 e. The molecule has 1 aromatic carbocycles. The average molecular weight is 366 g/mol. The molecule has 0 saturated carbocycles. The number of carbonyl (C=O) groups excluding carboxylic acids is 1. The van der Waals surface area contributed by atoms with Gasteiger partial charge in [-0.2, -0.15) is 5.10 Å². The van der Waals surface area contributed by atoms with Gasteiger partial charge in [0.05, 0.1) is 17.9 Å². The van der Waals surface area contributed by atoms with Crippen LogP contribution in [0.4, 0.5) is 4.39 Å². The Kier molecular flexibility index (Phi) is 5.39. The van der Waals surface area contributed by atoms with Crippen LogP contribution in [0.25, 0.3) is 0 Å². The highest BCUT2D eigenvalue weighted by atomic mass is 35.5. The molecule has 1 aromatic heterocycles. The lowest BCUT2D eigenvalue weighted by Crippen LogP contribution is -2.38. The third-order valence-corrected chi connectivity index (χ3v) is 4.70. The molecule has 1 amide bonds. The van der Waals surface area contributed by atoms with E-state index in [0.717, 1.165) is 24.2 Å². The maximum Gasteiger partial charge on any atom is 0.252 e. The van der Waals surface area contributed by atoms with Crippen LogP contribution in [0, 0.1) is 12.7 Å². The highest BCUT2D eigenvalue weighted by molar-refractivity contribution is 6.31. The van der Waals surface area contributed by atoms with Crippen LogP contribution in [0.5, 0.6) is 0 Å². The maximum absolute atomic E-state index is 13.3. The van der Waals surface area contributed by atoms with E-state index in [9.17, 15) is 9.18 Å². The molecule has 1 aliphatic rings. The summed E-state index contributed by atoms with van der Waals surface area (Å²) in [6.45, 7) is 3.20. The number of carbonyl (C=O) groups is 1. The van der Waals surface area contributed by atoms with Gasteiger partial charge in [0.2, 0.25) is 0 Å². The normalized spacial score (nSPS) is 17.0. The third-order valence-electron chi connectivity index (χ3n) is 4.34. The predicted octanol–water partition coefficient (Wildman–Crippen LogP) is 3.23. The summed E-state index contributed by atoms with van der Waals surface area (Å²) in [7, 11) is 1.85. The van der Waals surface area contributed by atoms with E-state index in [1.165, 1.54) is 12.1 Å². The molecular weight excluding hydrogens is 345 g/mol. The fourth-order valence-electron chi connectivity index (χ4n) is 3.05. The maximum atomic E-state index is 13.3. The standard InChI is InChI=1S/C18H21ClFN3O2/c1-12-8-15(22(2)21-12)11-23(18(24)17-4-3-7-25-17)10-13-5-6-14(20)9-16(13)19/h5-6,8-9,17H,3-4,7,10-11H2,1-2H3/t17-/m1/s1. The molecule has 1 atom stereocenters. The number of ether oxygens (including phenoxy) is 1. The molecule has 0 unspecified atom stereocenters. The summed E-state index contributed by atoms with van der Waals surface area (Å²) in [6, 6.07) is 6.17. The van der Waals surface area contributed by atoms with Crippen molar-refractivity contribution < 1.29 is 13.9 Å². The predicted molar refractivity (Wildman–Crippen MR) is 92.6 cm³/mol. The van der Waals surface area contributed by atoms with Crippen molar-refractivity contribution in [3.05, 3.63) is 52.1 Å². The number of hydrogen-bond acceptors (Lipinski definition) is 3. The number of aromatic nitrogens is 2. The summed E-state index contributed by atoms with van der Waals surface area (Å²) in [5, 5.41) is 4.64. The second-order valence-corrected chi connectivity index (χ2v) is 6.74. The molecule has 25 heavy (non-hydrogen) atoms. The van der Waals surface area contributed by atoms with Crippen LogP contribution >= 0.6 is 11.6 Å². The first-order chi connectivity index (χ1) is 11.9. The average Bonchev–Trinajstić information content (AvgIpc) is 3.18. The van der Waals surface area contributed by atoms with Crippen LogP contribution < -0.4 is 0 Å². The van der Waals surface area contributed by atoms with Gasteiger partial charge in [-0.1, -0.05) is 17.7 Å². The molecule has 0 radical (unpaired) electrons. The molecule has 0 N–H and O–H groups in total. The monoisotopic (exact) mass is 365 g/mol. The van der Waals surface area contributed by atoms with Gasteiger partial charge in [-0.3, -0.25) is 9.48 Å². The van der Waals surface area contributed by atoms with Crippen molar-refractivity contribution in [3.8, 4) is 0 Å². The van der Waals surface area contributed by atoms with E-state index in [0.29, 0.717) is 30.3 Å². The third kappa shape index (κ3) is 4.19. The lowest BCUT2D eigenvalue weighted by atomic mass is 10.1. The SMILES string of the molecule is Cc1cc(CN(Cc2ccc(F)cc2Cl)C(=O)[C@H]2CCCO2)n(C)n1. The Balaban J connectivity index is 1.85. The fourth-order valence-corrected chi connectivity index (χ4v) is 3.28. The molecule has 1 saturated heterocycles. The van der Waals surface area contributed by atoms with Crippen molar-refractivity contribution in [2.24, 2.45) is 7.05 Å². The lowest BCUT2D eigenvalue weighted by Gasteiger charge is -2.26. The van der Waals surface area contributed by atoms with Gasteiger partial charge in [0, 0.05) is 25.2 Å². The Bertz CT molecular complexity index is 772. The number of rotatable bonds is 5. The fraction of sp³-hybridized carbons (Fsp3) is 0.444. The molecule has 2 heterocycles. The van der Waals surface area contributed by atoms with Crippen LogP contribution in [0.3, 0.4) is 0 Å². The van der Waals surface area contributed by atoms with Crippen molar-refractivity contribution >= 4 is 17.5 Å². The minimum absolute atomic E-state index is 0.0725. The Hall–Kier alpha value is -1.92. The van der Waals surface area contributed by atoms with Crippen LogP contribution in [-0.4, -0.2) is 33.3 Å². The summed E-state index contributed by atoms with van der Waals surface area (Å²) in [5.74, 6) is -0.468. The van der Waals surface area contributed by atoms with Gasteiger partial charge < -0.3 is 9.64 Å². The number of nitrogens with zero attached hydrogens (tertiary/aromatic N) is 3. The summed E-state index contributed by atoms with van der Waals surface area (Å²) in [4.78, 5) is 14.6. The largest absolute Gasteiger partial charge is 0.368 e.